The maximum Gasteiger partial charge on any atom is 0.127 e. The van der Waals surface area contributed by atoms with Gasteiger partial charge >= 0.3 is 0 Å². The normalized spacial score (nSPS) is 10.7. The van der Waals surface area contributed by atoms with Crippen molar-refractivity contribution in [3.05, 3.63) is 39.9 Å². The predicted octanol–water partition coefficient (Wildman–Crippen LogP) is 3.29. The summed E-state index contributed by atoms with van der Waals surface area (Å²) in [6.07, 6.45) is 3.57. The molecule has 1 aromatic heterocycles. The van der Waals surface area contributed by atoms with E-state index in [4.69, 9.17) is 9.47 Å². The molecule has 0 atom stereocenters. The highest BCUT2D eigenvalue weighted by molar-refractivity contribution is 9.10. The maximum absolute atomic E-state index is 5.47. The number of benzene rings is 1. The second kappa shape index (κ2) is 6.31. The van der Waals surface area contributed by atoms with Crippen molar-refractivity contribution in [2.75, 3.05) is 14.2 Å². The fourth-order valence-electron chi connectivity index (χ4n) is 2.27. The van der Waals surface area contributed by atoms with Crippen LogP contribution < -0.4 is 9.47 Å². The Bertz CT molecular complexity index is 589. The first kappa shape index (κ1) is 14.9. The van der Waals surface area contributed by atoms with Gasteiger partial charge in [-0.1, -0.05) is 0 Å². The average molecular weight is 339 g/mol. The summed E-state index contributed by atoms with van der Waals surface area (Å²) in [7, 11) is 5.39. The van der Waals surface area contributed by atoms with Crippen LogP contribution in [0.4, 0.5) is 0 Å². The molecule has 0 fully saturated rings. The lowest BCUT2D eigenvalue weighted by Crippen LogP contribution is -2.02. The third kappa shape index (κ3) is 2.98. The van der Waals surface area contributed by atoms with Gasteiger partial charge in [0.25, 0.3) is 0 Å². The predicted molar refractivity (Wildman–Crippen MR) is 82.6 cm³/mol. The zero-order valence-electron chi connectivity index (χ0n) is 12.2. The first-order chi connectivity index (χ1) is 9.56. The minimum atomic E-state index is 0.873. The van der Waals surface area contributed by atoms with Gasteiger partial charge in [-0.2, -0.15) is 0 Å². The van der Waals surface area contributed by atoms with E-state index in [0.717, 1.165) is 40.1 Å². The van der Waals surface area contributed by atoms with Crippen LogP contribution in [0.5, 0.6) is 11.5 Å². The van der Waals surface area contributed by atoms with Crippen molar-refractivity contribution in [2.24, 2.45) is 7.05 Å². The summed E-state index contributed by atoms with van der Waals surface area (Å²) >= 11 is 3.48. The Balaban J connectivity index is 2.24. The molecule has 0 aliphatic carbocycles. The lowest BCUT2D eigenvalue weighted by Gasteiger charge is -2.13. The highest BCUT2D eigenvalue weighted by atomic mass is 79.9. The maximum atomic E-state index is 5.47. The second-order valence-corrected chi connectivity index (χ2v) is 5.48. The molecule has 1 heterocycles. The fraction of sp³-hybridized carbons (Fsp3) is 0.400. The number of halogens is 1. The van der Waals surface area contributed by atoms with E-state index in [1.807, 2.05) is 30.9 Å². The number of hydrogen-bond donors (Lipinski definition) is 0. The molecule has 20 heavy (non-hydrogen) atoms. The van der Waals surface area contributed by atoms with E-state index >= 15 is 0 Å². The molecule has 2 aromatic rings. The van der Waals surface area contributed by atoms with Gasteiger partial charge in [-0.05, 0) is 59.0 Å². The third-order valence-corrected chi connectivity index (χ3v) is 4.10. The van der Waals surface area contributed by atoms with Gasteiger partial charge in [0, 0.05) is 7.05 Å². The summed E-state index contributed by atoms with van der Waals surface area (Å²) in [5.41, 5.74) is 3.39. The summed E-state index contributed by atoms with van der Waals surface area (Å²) < 4.78 is 13.8. The van der Waals surface area contributed by atoms with Gasteiger partial charge < -0.3 is 14.0 Å². The zero-order valence-corrected chi connectivity index (χ0v) is 13.8. The van der Waals surface area contributed by atoms with E-state index in [1.54, 1.807) is 14.2 Å². The quantitative estimate of drug-likeness (QED) is 0.839. The monoisotopic (exact) mass is 338 g/mol. The van der Waals surface area contributed by atoms with E-state index in [9.17, 15) is 0 Å². The Hall–Kier alpha value is -1.49. The van der Waals surface area contributed by atoms with Gasteiger partial charge in [-0.15, -0.1) is 0 Å². The first-order valence-electron chi connectivity index (χ1n) is 6.44. The summed E-state index contributed by atoms with van der Waals surface area (Å²) in [5, 5.41) is 0. The molecule has 2 rings (SSSR count). The van der Waals surface area contributed by atoms with E-state index in [2.05, 4.69) is 27.0 Å². The van der Waals surface area contributed by atoms with Crippen LogP contribution in [0, 0.1) is 6.92 Å². The molecule has 108 valence electrons. The van der Waals surface area contributed by atoms with Crippen molar-refractivity contribution in [3.63, 3.8) is 0 Å². The summed E-state index contributed by atoms with van der Waals surface area (Å²) in [5.74, 6) is 1.80. The van der Waals surface area contributed by atoms with Crippen LogP contribution in [0.3, 0.4) is 0 Å². The Kier molecular flexibility index (Phi) is 4.70. The Morgan fingerprint density at radius 2 is 1.85 bits per heavy atom. The van der Waals surface area contributed by atoms with Crippen molar-refractivity contribution in [1.82, 2.24) is 9.55 Å². The van der Waals surface area contributed by atoms with Crippen molar-refractivity contribution in [2.45, 2.75) is 19.8 Å². The minimum absolute atomic E-state index is 0.873. The van der Waals surface area contributed by atoms with E-state index in [-0.39, 0.29) is 0 Å². The van der Waals surface area contributed by atoms with Gasteiger partial charge in [-0.3, -0.25) is 0 Å². The SMILES string of the molecule is COc1cc(CCc2c(Br)ncn2C)c(OC)cc1C. The second-order valence-electron chi connectivity index (χ2n) is 4.73. The molecule has 4 nitrogen and oxygen atoms in total. The molecule has 0 radical (unpaired) electrons. The highest BCUT2D eigenvalue weighted by Crippen LogP contribution is 2.29. The summed E-state index contributed by atoms with van der Waals surface area (Å²) in [6.45, 7) is 2.02. The number of methoxy groups -OCH3 is 2. The molecule has 5 heteroatoms. The highest BCUT2D eigenvalue weighted by Gasteiger charge is 2.11. The number of aryl methyl sites for hydroxylation is 3. The summed E-state index contributed by atoms with van der Waals surface area (Å²) in [6, 6.07) is 4.07. The number of aromatic nitrogens is 2. The molecule has 0 spiro atoms. The molecule has 1 aromatic carbocycles. The van der Waals surface area contributed by atoms with Crippen LogP contribution >= 0.6 is 15.9 Å². The van der Waals surface area contributed by atoms with Crippen molar-refractivity contribution in [1.29, 1.82) is 0 Å². The standard InChI is InChI=1S/C15H19BrN2O2/c1-10-7-14(20-4)11(8-13(10)19-3)5-6-12-15(16)17-9-18(12)2/h7-9H,5-6H2,1-4H3. The van der Waals surface area contributed by atoms with E-state index in [0.29, 0.717) is 0 Å². The molecule has 0 saturated heterocycles. The van der Waals surface area contributed by atoms with Crippen molar-refractivity contribution >= 4 is 15.9 Å². The van der Waals surface area contributed by atoms with Crippen LogP contribution in [-0.2, 0) is 19.9 Å². The van der Waals surface area contributed by atoms with Gasteiger partial charge in [-0.25, -0.2) is 4.98 Å². The zero-order chi connectivity index (χ0) is 14.7. The molecular weight excluding hydrogens is 320 g/mol. The molecule has 0 amide bonds. The van der Waals surface area contributed by atoms with Gasteiger partial charge in [0.15, 0.2) is 0 Å². The number of ether oxygens (including phenoxy) is 2. The molecule has 0 aliphatic heterocycles. The number of rotatable bonds is 5. The number of imidazole rings is 1. The molecule has 0 bridgehead atoms. The Labute approximate surface area is 127 Å². The summed E-state index contributed by atoms with van der Waals surface area (Å²) in [4.78, 5) is 4.24. The topological polar surface area (TPSA) is 36.3 Å². The van der Waals surface area contributed by atoms with Crippen LogP contribution in [0.2, 0.25) is 0 Å². The minimum Gasteiger partial charge on any atom is -0.496 e. The van der Waals surface area contributed by atoms with Gasteiger partial charge in [0.1, 0.15) is 16.1 Å². The Morgan fingerprint density at radius 1 is 1.15 bits per heavy atom. The number of nitrogens with zero attached hydrogens (tertiary/aromatic N) is 2. The molecular formula is C15H19BrN2O2. The van der Waals surface area contributed by atoms with Crippen molar-refractivity contribution in [3.8, 4) is 11.5 Å². The Morgan fingerprint density at radius 3 is 2.40 bits per heavy atom. The van der Waals surface area contributed by atoms with Crippen LogP contribution in [0.15, 0.2) is 23.1 Å². The smallest absolute Gasteiger partial charge is 0.127 e. The van der Waals surface area contributed by atoms with Crippen LogP contribution in [-0.4, -0.2) is 23.8 Å². The molecule has 0 unspecified atom stereocenters. The van der Waals surface area contributed by atoms with Crippen LogP contribution in [0.25, 0.3) is 0 Å². The average Bonchev–Trinajstić information content (AvgIpc) is 2.76. The molecule has 0 N–H and O–H groups in total. The first-order valence-corrected chi connectivity index (χ1v) is 7.23. The van der Waals surface area contributed by atoms with Crippen LogP contribution in [0.1, 0.15) is 16.8 Å². The largest absolute Gasteiger partial charge is 0.496 e. The third-order valence-electron chi connectivity index (χ3n) is 3.44. The number of hydrogen-bond acceptors (Lipinski definition) is 3. The van der Waals surface area contributed by atoms with Crippen molar-refractivity contribution < 1.29 is 9.47 Å². The lowest BCUT2D eigenvalue weighted by molar-refractivity contribution is 0.396. The van der Waals surface area contributed by atoms with E-state index < -0.39 is 0 Å². The van der Waals surface area contributed by atoms with Gasteiger partial charge in [0.05, 0.1) is 26.2 Å². The molecule has 0 saturated carbocycles. The van der Waals surface area contributed by atoms with Gasteiger partial charge in [0.2, 0.25) is 0 Å². The lowest BCUT2D eigenvalue weighted by atomic mass is 10.0. The van der Waals surface area contributed by atoms with E-state index in [1.165, 1.54) is 5.69 Å². The fourth-order valence-corrected chi connectivity index (χ4v) is 2.84. The molecule has 0 aliphatic rings.